The Morgan fingerprint density at radius 2 is 1.96 bits per heavy atom. The van der Waals surface area contributed by atoms with Gasteiger partial charge in [0.05, 0.1) is 24.3 Å². The molecule has 0 radical (unpaired) electrons. The molecule has 28 heavy (non-hydrogen) atoms. The van der Waals surface area contributed by atoms with Gasteiger partial charge in [-0.1, -0.05) is 0 Å². The molecule has 11 heteroatoms. The molecular formula is C17H24N4O5S2. The number of anilines is 1. The highest BCUT2D eigenvalue weighted by Crippen LogP contribution is 2.37. The van der Waals surface area contributed by atoms with Gasteiger partial charge in [-0.2, -0.15) is 0 Å². The van der Waals surface area contributed by atoms with Crippen LogP contribution < -0.4 is 11.1 Å². The first kappa shape index (κ1) is 20.7. The smallest absolute Gasteiger partial charge is 0.251 e. The number of carbonyl (C=O) groups excluding carboxylic acids is 3. The normalized spacial score (nSPS) is 20.5. The van der Waals surface area contributed by atoms with Gasteiger partial charge in [-0.3, -0.25) is 14.4 Å². The monoisotopic (exact) mass is 428 g/mol. The Balaban J connectivity index is 1.81. The molecule has 2 aliphatic heterocycles. The van der Waals surface area contributed by atoms with Crippen molar-refractivity contribution in [2.75, 3.05) is 31.2 Å². The zero-order valence-corrected chi connectivity index (χ0v) is 17.5. The zero-order chi connectivity index (χ0) is 20.6. The molecular weight excluding hydrogens is 404 g/mol. The molecule has 1 aromatic heterocycles. The van der Waals surface area contributed by atoms with E-state index < -0.39 is 21.8 Å². The first-order valence-electron chi connectivity index (χ1n) is 9.03. The van der Waals surface area contributed by atoms with Gasteiger partial charge in [-0.05, 0) is 24.8 Å². The highest BCUT2D eigenvalue weighted by Gasteiger charge is 2.33. The Kier molecular flexibility index (Phi) is 5.78. The van der Waals surface area contributed by atoms with Crippen molar-refractivity contribution in [3.63, 3.8) is 0 Å². The van der Waals surface area contributed by atoms with Crippen LogP contribution >= 0.6 is 11.3 Å². The summed E-state index contributed by atoms with van der Waals surface area (Å²) in [6.45, 7) is 2.91. The number of primary amides is 1. The number of nitrogens with zero attached hydrogens (tertiary/aromatic N) is 2. The van der Waals surface area contributed by atoms with Crippen LogP contribution in [0.4, 0.5) is 5.00 Å². The molecule has 3 N–H and O–H groups in total. The lowest BCUT2D eigenvalue weighted by Gasteiger charge is -2.30. The van der Waals surface area contributed by atoms with Crippen LogP contribution in [0.15, 0.2) is 0 Å². The van der Waals surface area contributed by atoms with Crippen molar-refractivity contribution in [3.05, 3.63) is 16.0 Å². The molecule has 3 amide bonds. The van der Waals surface area contributed by atoms with Gasteiger partial charge in [-0.25, -0.2) is 12.7 Å². The van der Waals surface area contributed by atoms with Crippen LogP contribution in [0, 0.1) is 5.92 Å². The van der Waals surface area contributed by atoms with Crippen LogP contribution in [-0.2, 0) is 32.6 Å². The van der Waals surface area contributed by atoms with E-state index in [1.807, 2.05) is 0 Å². The topological polar surface area (TPSA) is 130 Å². The maximum Gasteiger partial charge on any atom is 0.251 e. The van der Waals surface area contributed by atoms with Crippen LogP contribution in [0.1, 0.15) is 40.6 Å². The third-order valence-electron chi connectivity index (χ3n) is 5.21. The molecule has 154 valence electrons. The average Bonchev–Trinajstić information content (AvgIpc) is 2.98. The summed E-state index contributed by atoms with van der Waals surface area (Å²) in [5.41, 5.74) is 6.64. The lowest BCUT2D eigenvalue weighted by molar-refractivity contribution is -0.129. The first-order chi connectivity index (χ1) is 13.1. The van der Waals surface area contributed by atoms with Gasteiger partial charge < -0.3 is 16.0 Å². The number of hydrogen-bond donors (Lipinski definition) is 2. The van der Waals surface area contributed by atoms with E-state index in [1.165, 1.54) is 22.6 Å². The summed E-state index contributed by atoms with van der Waals surface area (Å²) in [4.78, 5) is 38.9. The molecule has 3 heterocycles. The minimum absolute atomic E-state index is 0.0478. The van der Waals surface area contributed by atoms with Crippen molar-refractivity contribution in [3.8, 4) is 0 Å². The number of nitrogens with one attached hydrogen (secondary N) is 1. The summed E-state index contributed by atoms with van der Waals surface area (Å²) in [6, 6.07) is 0. The Labute approximate surface area is 167 Å². The second-order valence-electron chi connectivity index (χ2n) is 7.21. The van der Waals surface area contributed by atoms with Gasteiger partial charge in [-0.15, -0.1) is 11.3 Å². The SMILES string of the molecule is CC(=O)N1CCc2c(sc(NC(=O)C3CCCN(S(C)(=O)=O)C3)c2C(N)=O)C1. The van der Waals surface area contributed by atoms with Crippen molar-refractivity contribution >= 4 is 44.1 Å². The van der Waals surface area contributed by atoms with E-state index in [9.17, 15) is 22.8 Å². The van der Waals surface area contributed by atoms with E-state index in [4.69, 9.17) is 5.73 Å². The number of sulfonamides is 1. The molecule has 0 spiro atoms. The summed E-state index contributed by atoms with van der Waals surface area (Å²) in [5.74, 6) is -1.48. The molecule has 1 aromatic rings. The lowest BCUT2D eigenvalue weighted by Crippen LogP contribution is -2.43. The molecule has 3 rings (SSSR count). The number of thiophene rings is 1. The Bertz CT molecular complexity index is 924. The summed E-state index contributed by atoms with van der Waals surface area (Å²) in [7, 11) is -3.36. The zero-order valence-electron chi connectivity index (χ0n) is 15.9. The van der Waals surface area contributed by atoms with Crippen molar-refractivity contribution in [1.29, 1.82) is 0 Å². The van der Waals surface area contributed by atoms with Gasteiger partial charge in [0.1, 0.15) is 5.00 Å². The van der Waals surface area contributed by atoms with E-state index in [2.05, 4.69) is 5.32 Å². The number of rotatable bonds is 4. The van der Waals surface area contributed by atoms with Gasteiger partial charge in [0.15, 0.2) is 0 Å². The van der Waals surface area contributed by atoms with E-state index in [0.717, 1.165) is 16.7 Å². The van der Waals surface area contributed by atoms with Crippen LogP contribution in [0.25, 0.3) is 0 Å². The average molecular weight is 429 g/mol. The second-order valence-corrected chi connectivity index (χ2v) is 10.3. The molecule has 1 saturated heterocycles. The number of nitrogens with two attached hydrogens (primary N) is 1. The standard InChI is InChI=1S/C17H24N4O5S2/c1-10(22)20-7-5-12-13(9-20)27-17(14(12)15(18)23)19-16(24)11-4-3-6-21(8-11)28(2,25)26/h11H,3-9H2,1-2H3,(H2,18,23)(H,19,24). The molecule has 0 aliphatic carbocycles. The molecule has 0 aromatic carbocycles. The fraction of sp³-hybridized carbons (Fsp3) is 0.588. The predicted molar refractivity (Wildman–Crippen MR) is 105 cm³/mol. The van der Waals surface area contributed by atoms with Gasteiger partial charge >= 0.3 is 0 Å². The molecule has 0 saturated carbocycles. The minimum atomic E-state index is -3.36. The molecule has 9 nitrogen and oxygen atoms in total. The van der Waals surface area contributed by atoms with Gasteiger partial charge in [0, 0.05) is 31.4 Å². The maximum atomic E-state index is 12.8. The number of amides is 3. The molecule has 1 fully saturated rings. The highest BCUT2D eigenvalue weighted by atomic mass is 32.2. The molecule has 1 unspecified atom stereocenters. The summed E-state index contributed by atoms with van der Waals surface area (Å²) in [5, 5.41) is 3.17. The Morgan fingerprint density at radius 1 is 1.25 bits per heavy atom. The summed E-state index contributed by atoms with van der Waals surface area (Å²) in [6.07, 6.45) is 2.81. The summed E-state index contributed by atoms with van der Waals surface area (Å²) >= 11 is 1.25. The second kappa shape index (κ2) is 7.80. The number of piperidine rings is 1. The number of fused-ring (bicyclic) bond motifs is 1. The largest absolute Gasteiger partial charge is 0.365 e. The van der Waals surface area contributed by atoms with E-state index >= 15 is 0 Å². The Hall–Kier alpha value is -1.98. The fourth-order valence-corrected chi connectivity index (χ4v) is 5.88. The van der Waals surface area contributed by atoms with Gasteiger partial charge in [0.2, 0.25) is 21.8 Å². The van der Waals surface area contributed by atoms with Crippen LogP contribution in [0.2, 0.25) is 0 Å². The molecule has 2 aliphatic rings. The third kappa shape index (κ3) is 4.20. The number of carbonyl (C=O) groups is 3. The fourth-order valence-electron chi connectivity index (χ4n) is 3.69. The quantitative estimate of drug-likeness (QED) is 0.715. The van der Waals surface area contributed by atoms with Crippen LogP contribution in [-0.4, -0.2) is 61.2 Å². The molecule has 1 atom stereocenters. The van der Waals surface area contributed by atoms with Crippen molar-refractivity contribution in [1.82, 2.24) is 9.21 Å². The van der Waals surface area contributed by atoms with Crippen LogP contribution in [0.3, 0.4) is 0 Å². The van der Waals surface area contributed by atoms with Gasteiger partial charge in [0.25, 0.3) is 5.91 Å². The maximum absolute atomic E-state index is 12.8. The van der Waals surface area contributed by atoms with Crippen molar-refractivity contribution in [2.45, 2.75) is 32.7 Å². The Morgan fingerprint density at radius 3 is 2.57 bits per heavy atom. The minimum Gasteiger partial charge on any atom is -0.365 e. The van der Waals surface area contributed by atoms with E-state index in [-0.39, 0.29) is 18.4 Å². The molecule has 0 bridgehead atoms. The summed E-state index contributed by atoms with van der Waals surface area (Å²) < 4.78 is 24.9. The first-order valence-corrected chi connectivity index (χ1v) is 11.7. The van der Waals surface area contributed by atoms with Crippen molar-refractivity contribution < 1.29 is 22.8 Å². The highest BCUT2D eigenvalue weighted by molar-refractivity contribution is 7.88. The van der Waals surface area contributed by atoms with Crippen molar-refractivity contribution in [2.24, 2.45) is 11.7 Å². The van der Waals surface area contributed by atoms with Crippen LogP contribution in [0.5, 0.6) is 0 Å². The van der Waals surface area contributed by atoms with E-state index in [0.29, 0.717) is 49.5 Å². The third-order valence-corrected chi connectivity index (χ3v) is 7.61. The lowest BCUT2D eigenvalue weighted by atomic mass is 9.98. The predicted octanol–water partition coefficient (Wildman–Crippen LogP) is 0.362. The van der Waals surface area contributed by atoms with E-state index in [1.54, 1.807) is 4.90 Å². The number of hydrogen-bond acceptors (Lipinski definition) is 6.